The van der Waals surface area contributed by atoms with Gasteiger partial charge in [0.2, 0.25) is 5.91 Å². The molecule has 1 heterocycles. The molecule has 1 saturated heterocycles. The van der Waals surface area contributed by atoms with Crippen molar-refractivity contribution in [3.05, 3.63) is 71.0 Å². The summed E-state index contributed by atoms with van der Waals surface area (Å²) < 4.78 is 13.7. The molecule has 0 saturated carbocycles. The van der Waals surface area contributed by atoms with Crippen LogP contribution in [0, 0.1) is 18.7 Å². The first-order valence-electron chi connectivity index (χ1n) is 8.26. The number of rotatable bonds is 4. The Balaban J connectivity index is 1.75. The van der Waals surface area contributed by atoms with E-state index in [1.165, 1.54) is 6.07 Å². The number of carboxylic acid groups (broad SMARTS) is 1. The number of halogens is 1. The Morgan fingerprint density at radius 3 is 2.52 bits per heavy atom. The van der Waals surface area contributed by atoms with E-state index in [2.05, 4.69) is 0 Å². The highest BCUT2D eigenvalue weighted by molar-refractivity contribution is 5.81. The Kier molecular flexibility index (Phi) is 4.83. The normalized spacial score (nSPS) is 19.8. The van der Waals surface area contributed by atoms with E-state index in [1.807, 2.05) is 30.3 Å². The van der Waals surface area contributed by atoms with Crippen molar-refractivity contribution in [2.75, 3.05) is 13.1 Å². The van der Waals surface area contributed by atoms with Crippen molar-refractivity contribution in [3.8, 4) is 0 Å². The average Bonchev–Trinajstić information content (AvgIpc) is 3.05. The molecule has 4 nitrogen and oxygen atoms in total. The van der Waals surface area contributed by atoms with Crippen molar-refractivity contribution in [2.24, 2.45) is 5.92 Å². The molecule has 0 unspecified atom stereocenters. The quantitative estimate of drug-likeness (QED) is 0.930. The molecule has 0 aromatic heterocycles. The summed E-state index contributed by atoms with van der Waals surface area (Å²) in [6.07, 6.45) is 0.0745. The minimum absolute atomic E-state index is 0.0745. The van der Waals surface area contributed by atoms with Gasteiger partial charge in [0, 0.05) is 19.0 Å². The fraction of sp³-hybridized carbons (Fsp3) is 0.300. The minimum atomic E-state index is -0.898. The third-order valence-electron chi connectivity index (χ3n) is 4.81. The summed E-state index contributed by atoms with van der Waals surface area (Å²) in [5.41, 5.74) is 2.06. The van der Waals surface area contributed by atoms with Crippen LogP contribution in [-0.4, -0.2) is 35.0 Å². The lowest BCUT2D eigenvalue weighted by Gasteiger charge is -2.17. The first-order chi connectivity index (χ1) is 12.0. The SMILES string of the molecule is Cc1ccc(CC(=O)N2C[C@@H](C(=O)O)[C@H](c3ccccc3)C2)cc1F. The number of aliphatic carboxylic acids is 1. The number of carbonyl (C=O) groups excluding carboxylic acids is 1. The van der Waals surface area contributed by atoms with Gasteiger partial charge in [-0.2, -0.15) is 0 Å². The maximum atomic E-state index is 13.7. The van der Waals surface area contributed by atoms with E-state index in [4.69, 9.17) is 0 Å². The van der Waals surface area contributed by atoms with Crippen LogP contribution in [0.4, 0.5) is 4.39 Å². The van der Waals surface area contributed by atoms with Crippen molar-refractivity contribution < 1.29 is 19.1 Å². The van der Waals surface area contributed by atoms with Crippen LogP contribution in [0.25, 0.3) is 0 Å². The molecule has 0 bridgehead atoms. The summed E-state index contributed by atoms with van der Waals surface area (Å²) in [7, 11) is 0. The summed E-state index contributed by atoms with van der Waals surface area (Å²) in [5.74, 6) is -2.26. The molecule has 1 fully saturated rings. The molecule has 2 aromatic rings. The summed E-state index contributed by atoms with van der Waals surface area (Å²) >= 11 is 0. The molecule has 1 amide bonds. The second kappa shape index (κ2) is 7.05. The van der Waals surface area contributed by atoms with Crippen LogP contribution in [0.15, 0.2) is 48.5 Å². The summed E-state index contributed by atoms with van der Waals surface area (Å²) in [4.78, 5) is 25.8. The number of carboxylic acids is 1. The number of hydrogen-bond donors (Lipinski definition) is 1. The standard InChI is InChI=1S/C20H20FNO3/c1-13-7-8-14(9-18(13)21)10-19(23)22-11-16(17(12-22)20(24)25)15-5-3-2-4-6-15/h2-9,16-17H,10-12H2,1H3,(H,24,25)/t16-,17+/m0/s1. The van der Waals surface area contributed by atoms with Crippen LogP contribution in [0.3, 0.4) is 0 Å². The number of benzene rings is 2. The van der Waals surface area contributed by atoms with Gasteiger partial charge < -0.3 is 10.0 Å². The summed E-state index contributed by atoms with van der Waals surface area (Å²) in [6, 6.07) is 14.1. The first-order valence-corrected chi connectivity index (χ1v) is 8.26. The maximum absolute atomic E-state index is 13.7. The van der Waals surface area contributed by atoms with Crippen LogP contribution in [-0.2, 0) is 16.0 Å². The van der Waals surface area contributed by atoms with E-state index in [9.17, 15) is 19.1 Å². The molecule has 25 heavy (non-hydrogen) atoms. The van der Waals surface area contributed by atoms with Crippen molar-refractivity contribution in [1.82, 2.24) is 4.90 Å². The highest BCUT2D eigenvalue weighted by Gasteiger charge is 2.40. The Hall–Kier alpha value is -2.69. The zero-order valence-electron chi connectivity index (χ0n) is 14.0. The van der Waals surface area contributed by atoms with Crippen molar-refractivity contribution in [1.29, 1.82) is 0 Å². The number of aryl methyl sites for hydroxylation is 1. The van der Waals surface area contributed by atoms with Gasteiger partial charge in [0.1, 0.15) is 5.82 Å². The highest BCUT2D eigenvalue weighted by Crippen LogP contribution is 2.33. The smallest absolute Gasteiger partial charge is 0.308 e. The Labute approximate surface area is 145 Å². The molecular weight excluding hydrogens is 321 g/mol. The van der Waals surface area contributed by atoms with E-state index >= 15 is 0 Å². The number of hydrogen-bond acceptors (Lipinski definition) is 2. The van der Waals surface area contributed by atoms with Crippen molar-refractivity contribution in [3.63, 3.8) is 0 Å². The maximum Gasteiger partial charge on any atom is 0.308 e. The molecule has 1 aliphatic rings. The zero-order valence-corrected chi connectivity index (χ0v) is 14.0. The summed E-state index contributed by atoms with van der Waals surface area (Å²) in [6.45, 7) is 2.22. The fourth-order valence-corrected chi connectivity index (χ4v) is 3.33. The topological polar surface area (TPSA) is 57.6 Å². The lowest BCUT2D eigenvalue weighted by molar-refractivity contribution is -0.141. The monoisotopic (exact) mass is 341 g/mol. The largest absolute Gasteiger partial charge is 0.481 e. The molecular formula is C20H20FNO3. The van der Waals surface area contributed by atoms with Crippen LogP contribution in [0.2, 0.25) is 0 Å². The average molecular weight is 341 g/mol. The van der Waals surface area contributed by atoms with E-state index in [0.717, 1.165) is 5.56 Å². The van der Waals surface area contributed by atoms with Gasteiger partial charge >= 0.3 is 5.97 Å². The van der Waals surface area contributed by atoms with Gasteiger partial charge in [-0.1, -0.05) is 42.5 Å². The van der Waals surface area contributed by atoms with Gasteiger partial charge in [0.05, 0.1) is 12.3 Å². The van der Waals surface area contributed by atoms with Gasteiger partial charge in [0.15, 0.2) is 0 Å². The molecule has 1 N–H and O–H groups in total. The second-order valence-electron chi connectivity index (χ2n) is 6.52. The van der Waals surface area contributed by atoms with E-state index in [1.54, 1.807) is 24.0 Å². The minimum Gasteiger partial charge on any atom is -0.481 e. The number of amides is 1. The van der Waals surface area contributed by atoms with Crippen molar-refractivity contribution in [2.45, 2.75) is 19.3 Å². The number of likely N-dealkylation sites (tertiary alicyclic amines) is 1. The van der Waals surface area contributed by atoms with Gasteiger partial charge in [-0.25, -0.2) is 4.39 Å². The third-order valence-corrected chi connectivity index (χ3v) is 4.81. The lowest BCUT2D eigenvalue weighted by Crippen LogP contribution is -2.31. The second-order valence-corrected chi connectivity index (χ2v) is 6.52. The van der Waals surface area contributed by atoms with Crippen LogP contribution >= 0.6 is 0 Å². The molecule has 0 aliphatic carbocycles. The molecule has 130 valence electrons. The van der Waals surface area contributed by atoms with Crippen LogP contribution in [0.5, 0.6) is 0 Å². The number of nitrogens with zero attached hydrogens (tertiary/aromatic N) is 1. The van der Waals surface area contributed by atoms with Gasteiger partial charge in [0.25, 0.3) is 0 Å². The van der Waals surface area contributed by atoms with Gasteiger partial charge in [-0.3, -0.25) is 9.59 Å². The zero-order chi connectivity index (χ0) is 18.0. The molecule has 0 radical (unpaired) electrons. The fourth-order valence-electron chi connectivity index (χ4n) is 3.33. The first kappa shape index (κ1) is 17.1. The van der Waals surface area contributed by atoms with Crippen LogP contribution in [0.1, 0.15) is 22.6 Å². The van der Waals surface area contributed by atoms with E-state index in [-0.39, 0.29) is 30.6 Å². The van der Waals surface area contributed by atoms with Gasteiger partial charge in [-0.15, -0.1) is 0 Å². The highest BCUT2D eigenvalue weighted by atomic mass is 19.1. The Bertz CT molecular complexity index is 791. The predicted molar refractivity (Wildman–Crippen MR) is 91.7 cm³/mol. The predicted octanol–water partition coefficient (Wildman–Crippen LogP) is 3.00. The summed E-state index contributed by atoms with van der Waals surface area (Å²) in [5, 5.41) is 9.51. The molecule has 3 rings (SSSR count). The Morgan fingerprint density at radius 1 is 1.16 bits per heavy atom. The molecule has 0 spiro atoms. The van der Waals surface area contributed by atoms with Gasteiger partial charge in [-0.05, 0) is 29.7 Å². The van der Waals surface area contributed by atoms with Crippen LogP contribution < -0.4 is 0 Å². The van der Waals surface area contributed by atoms with E-state index in [0.29, 0.717) is 17.7 Å². The molecule has 2 aromatic carbocycles. The van der Waals surface area contributed by atoms with E-state index < -0.39 is 11.9 Å². The Morgan fingerprint density at radius 2 is 1.88 bits per heavy atom. The third kappa shape index (κ3) is 3.71. The molecule has 5 heteroatoms. The molecule has 2 atom stereocenters. The lowest BCUT2D eigenvalue weighted by atomic mass is 9.89. The number of carbonyl (C=O) groups is 2. The molecule has 1 aliphatic heterocycles. The van der Waals surface area contributed by atoms with Crippen molar-refractivity contribution >= 4 is 11.9 Å².